The van der Waals surface area contributed by atoms with Gasteiger partial charge in [-0.3, -0.25) is 4.68 Å². The zero-order valence-corrected chi connectivity index (χ0v) is 15.7. The fourth-order valence-corrected chi connectivity index (χ4v) is 3.72. The smallest absolute Gasteiger partial charge is 0.0991 e. The molecule has 0 amide bonds. The number of imidazole rings is 1. The van der Waals surface area contributed by atoms with E-state index in [1.165, 1.54) is 17.1 Å². The van der Waals surface area contributed by atoms with Crippen molar-refractivity contribution >= 4 is 11.4 Å². The largest absolute Gasteiger partial charge is 0.379 e. The summed E-state index contributed by atoms with van der Waals surface area (Å²) in [6.45, 7) is 6.34. The Balaban J connectivity index is 1.37. The van der Waals surface area contributed by atoms with Gasteiger partial charge in [0.05, 0.1) is 23.4 Å². The number of benzene rings is 1. The molecule has 0 bridgehead atoms. The molecule has 6 heteroatoms. The highest BCUT2D eigenvalue weighted by atomic mass is 15.3. The summed E-state index contributed by atoms with van der Waals surface area (Å²) in [6, 6.07) is 9.24. The van der Waals surface area contributed by atoms with Gasteiger partial charge in [-0.15, -0.1) is 0 Å². The van der Waals surface area contributed by atoms with E-state index in [1.54, 1.807) is 6.20 Å². The van der Waals surface area contributed by atoms with E-state index in [-0.39, 0.29) is 0 Å². The molecule has 3 heterocycles. The number of nitrogens with zero attached hydrogens (tertiary/aromatic N) is 5. The number of anilines is 2. The van der Waals surface area contributed by atoms with Gasteiger partial charge in [0.25, 0.3) is 0 Å². The predicted octanol–water partition coefficient (Wildman–Crippen LogP) is 3.30. The third-order valence-electron chi connectivity index (χ3n) is 5.37. The average Bonchev–Trinajstić information content (AvgIpc) is 3.28. The zero-order valence-electron chi connectivity index (χ0n) is 15.7. The van der Waals surface area contributed by atoms with E-state index in [1.807, 2.05) is 28.8 Å². The maximum atomic E-state index is 4.51. The van der Waals surface area contributed by atoms with E-state index in [9.17, 15) is 0 Å². The Labute approximate surface area is 154 Å². The molecule has 0 atom stereocenters. The molecule has 1 aliphatic heterocycles. The summed E-state index contributed by atoms with van der Waals surface area (Å²) < 4.78 is 3.98. The lowest BCUT2D eigenvalue weighted by Gasteiger charge is -2.34. The third-order valence-corrected chi connectivity index (χ3v) is 5.37. The molecule has 1 N–H and O–H groups in total. The predicted molar refractivity (Wildman–Crippen MR) is 105 cm³/mol. The number of rotatable bonds is 4. The van der Waals surface area contributed by atoms with Gasteiger partial charge in [-0.25, -0.2) is 4.98 Å². The van der Waals surface area contributed by atoms with Crippen LogP contribution in [0, 0.1) is 13.8 Å². The Bertz CT molecular complexity index is 855. The summed E-state index contributed by atoms with van der Waals surface area (Å²) in [4.78, 5) is 6.58. The maximum Gasteiger partial charge on any atom is 0.0991 e. The van der Waals surface area contributed by atoms with Crippen molar-refractivity contribution in [2.75, 3.05) is 23.3 Å². The molecule has 0 unspecified atom stereocenters. The van der Waals surface area contributed by atoms with Crippen molar-refractivity contribution in [3.8, 4) is 5.69 Å². The first-order valence-electron chi connectivity index (χ1n) is 9.22. The number of hydrogen-bond donors (Lipinski definition) is 1. The molecule has 26 heavy (non-hydrogen) atoms. The highest BCUT2D eigenvalue weighted by molar-refractivity contribution is 5.54. The summed E-state index contributed by atoms with van der Waals surface area (Å²) in [5.74, 6) is 0. The van der Waals surface area contributed by atoms with E-state index < -0.39 is 0 Å². The van der Waals surface area contributed by atoms with Crippen LogP contribution in [0.1, 0.15) is 24.2 Å². The molecule has 2 aromatic heterocycles. The van der Waals surface area contributed by atoms with Gasteiger partial charge in [-0.2, -0.15) is 5.10 Å². The van der Waals surface area contributed by atoms with Gasteiger partial charge >= 0.3 is 0 Å². The summed E-state index contributed by atoms with van der Waals surface area (Å²) in [5, 5.41) is 8.22. The van der Waals surface area contributed by atoms with Gasteiger partial charge in [0, 0.05) is 49.9 Å². The molecule has 0 radical (unpaired) electrons. The summed E-state index contributed by atoms with van der Waals surface area (Å²) >= 11 is 0. The summed E-state index contributed by atoms with van der Waals surface area (Å²) in [6.07, 6.45) is 7.87. The molecule has 1 aliphatic rings. The SMILES string of the molecule is Cc1nn(C)c(C)c1NC1CCN(c2ccc(-n3ccnc3)cc2)CC1. The Morgan fingerprint density at radius 2 is 1.73 bits per heavy atom. The number of hydrogen-bond acceptors (Lipinski definition) is 4. The number of nitrogens with one attached hydrogen (secondary N) is 1. The van der Waals surface area contributed by atoms with Crippen LogP contribution >= 0.6 is 0 Å². The molecule has 1 aromatic carbocycles. The van der Waals surface area contributed by atoms with E-state index in [2.05, 4.69) is 58.4 Å². The van der Waals surface area contributed by atoms with Crippen molar-refractivity contribution in [3.05, 3.63) is 54.4 Å². The van der Waals surface area contributed by atoms with Crippen LogP contribution in [0.15, 0.2) is 43.0 Å². The number of aryl methyl sites for hydroxylation is 2. The minimum absolute atomic E-state index is 0.512. The Hall–Kier alpha value is -2.76. The summed E-state index contributed by atoms with van der Waals surface area (Å²) in [5.41, 5.74) is 5.93. The molecule has 1 saturated heterocycles. The van der Waals surface area contributed by atoms with Crippen LogP contribution in [0.2, 0.25) is 0 Å². The van der Waals surface area contributed by atoms with Crippen LogP contribution in [0.25, 0.3) is 5.69 Å². The minimum atomic E-state index is 0.512. The first kappa shape index (κ1) is 16.7. The van der Waals surface area contributed by atoms with E-state index >= 15 is 0 Å². The normalized spacial score (nSPS) is 15.4. The van der Waals surface area contributed by atoms with Crippen molar-refractivity contribution in [2.45, 2.75) is 32.7 Å². The van der Waals surface area contributed by atoms with Gasteiger partial charge < -0.3 is 14.8 Å². The van der Waals surface area contributed by atoms with Crippen molar-refractivity contribution in [3.63, 3.8) is 0 Å². The Morgan fingerprint density at radius 3 is 2.31 bits per heavy atom. The van der Waals surface area contributed by atoms with Crippen molar-refractivity contribution in [1.82, 2.24) is 19.3 Å². The maximum absolute atomic E-state index is 4.51. The molecule has 6 nitrogen and oxygen atoms in total. The number of piperidine rings is 1. The zero-order chi connectivity index (χ0) is 18.1. The van der Waals surface area contributed by atoms with Gasteiger partial charge in [-0.1, -0.05) is 0 Å². The van der Waals surface area contributed by atoms with Gasteiger partial charge in [0.15, 0.2) is 0 Å². The topological polar surface area (TPSA) is 50.9 Å². The van der Waals surface area contributed by atoms with E-state index in [4.69, 9.17) is 0 Å². The molecule has 3 aromatic rings. The second-order valence-electron chi connectivity index (χ2n) is 7.06. The fraction of sp³-hybridized carbons (Fsp3) is 0.400. The van der Waals surface area contributed by atoms with Crippen LogP contribution in [0.3, 0.4) is 0 Å². The standard InChI is InChI=1S/C20H26N6/c1-15-20(16(2)24(3)23-15)22-17-8-11-25(12-9-17)18-4-6-19(7-5-18)26-13-10-21-14-26/h4-7,10,13-14,17,22H,8-9,11-12H2,1-3H3. The summed E-state index contributed by atoms with van der Waals surface area (Å²) in [7, 11) is 2.00. The lowest BCUT2D eigenvalue weighted by atomic mass is 10.0. The number of aromatic nitrogens is 4. The van der Waals surface area contributed by atoms with Crippen LogP contribution < -0.4 is 10.2 Å². The fourth-order valence-electron chi connectivity index (χ4n) is 3.72. The highest BCUT2D eigenvalue weighted by Crippen LogP contribution is 2.25. The van der Waals surface area contributed by atoms with Gasteiger partial charge in [0.2, 0.25) is 0 Å². The van der Waals surface area contributed by atoms with Gasteiger partial charge in [0.1, 0.15) is 0 Å². The molecule has 1 fully saturated rings. The molecule has 0 saturated carbocycles. The van der Waals surface area contributed by atoms with Crippen molar-refractivity contribution in [2.24, 2.45) is 7.05 Å². The van der Waals surface area contributed by atoms with Crippen LogP contribution in [0.5, 0.6) is 0 Å². The third kappa shape index (κ3) is 3.19. The molecular weight excluding hydrogens is 324 g/mol. The van der Waals surface area contributed by atoms with Crippen LogP contribution in [0.4, 0.5) is 11.4 Å². The second-order valence-corrected chi connectivity index (χ2v) is 7.06. The van der Waals surface area contributed by atoms with Crippen molar-refractivity contribution in [1.29, 1.82) is 0 Å². The van der Waals surface area contributed by atoms with Gasteiger partial charge in [-0.05, 0) is 51.0 Å². The molecule has 136 valence electrons. The molecule has 4 rings (SSSR count). The Morgan fingerprint density at radius 1 is 1.04 bits per heavy atom. The molecular formula is C20H26N6. The monoisotopic (exact) mass is 350 g/mol. The second kappa shape index (κ2) is 6.86. The highest BCUT2D eigenvalue weighted by Gasteiger charge is 2.21. The van der Waals surface area contributed by atoms with Crippen LogP contribution in [-0.2, 0) is 7.05 Å². The Kier molecular flexibility index (Phi) is 4.41. The first-order chi connectivity index (χ1) is 12.6. The minimum Gasteiger partial charge on any atom is -0.379 e. The van der Waals surface area contributed by atoms with E-state index in [0.29, 0.717) is 6.04 Å². The first-order valence-corrected chi connectivity index (χ1v) is 9.22. The lowest BCUT2D eigenvalue weighted by Crippen LogP contribution is -2.39. The molecule has 0 spiro atoms. The lowest BCUT2D eigenvalue weighted by molar-refractivity contribution is 0.526. The van der Waals surface area contributed by atoms with E-state index in [0.717, 1.165) is 37.3 Å². The van der Waals surface area contributed by atoms with Crippen molar-refractivity contribution < 1.29 is 0 Å². The average molecular weight is 350 g/mol. The quantitative estimate of drug-likeness (QED) is 0.784. The molecule has 0 aliphatic carbocycles. The van der Waals surface area contributed by atoms with Crippen LogP contribution in [-0.4, -0.2) is 38.5 Å².